The highest BCUT2D eigenvalue weighted by Crippen LogP contribution is 2.37. The topological polar surface area (TPSA) is 60.0 Å². The number of hydrogen-bond donors (Lipinski definition) is 1. The maximum atomic E-state index is 12.3. The van der Waals surface area contributed by atoms with Crippen LogP contribution in [-0.2, 0) is 9.53 Å². The van der Waals surface area contributed by atoms with Crippen LogP contribution in [0.1, 0.15) is 19.4 Å². The van der Waals surface area contributed by atoms with Crippen molar-refractivity contribution in [3.63, 3.8) is 0 Å². The first-order chi connectivity index (χ1) is 14.8. The van der Waals surface area contributed by atoms with E-state index in [2.05, 4.69) is 26.1 Å². The average Bonchev–Trinajstić information content (AvgIpc) is 2.72. The summed E-state index contributed by atoms with van der Waals surface area (Å²) in [6, 6.07) is 10.6. The van der Waals surface area contributed by atoms with Crippen LogP contribution in [0.5, 0.6) is 11.5 Å². The highest BCUT2D eigenvalue weighted by atomic mass is 79.9. The fourth-order valence-corrected chi connectivity index (χ4v) is 4.33. The van der Waals surface area contributed by atoms with Crippen LogP contribution in [0.25, 0.3) is 0 Å². The molecule has 31 heavy (non-hydrogen) atoms. The van der Waals surface area contributed by atoms with Crippen LogP contribution < -0.4 is 14.8 Å². The van der Waals surface area contributed by atoms with Crippen LogP contribution in [0.3, 0.4) is 0 Å². The Morgan fingerprint density at radius 2 is 1.90 bits per heavy atom. The van der Waals surface area contributed by atoms with Crippen molar-refractivity contribution in [2.75, 3.05) is 32.1 Å². The Balaban J connectivity index is 1.69. The highest BCUT2D eigenvalue weighted by Gasteiger charge is 2.25. The highest BCUT2D eigenvalue weighted by molar-refractivity contribution is 9.10. The molecular formula is C22H24BrClN2O4S. The molecule has 0 aliphatic carbocycles. The standard InChI is InChI=1S/C22H24BrClN2O4S/c1-13-10-26(11-14(2)30-13)22(31)15-8-18(23)21(19(9-15)28-3)29-12-20(27)25-17-6-4-16(24)5-7-17/h4-9,13-14H,10-12H2,1-3H3,(H,25,27)/t13-,14+. The second kappa shape index (κ2) is 10.6. The lowest BCUT2D eigenvalue weighted by atomic mass is 10.1. The number of nitrogens with zero attached hydrogens (tertiary/aromatic N) is 1. The van der Waals surface area contributed by atoms with Crippen molar-refractivity contribution in [1.29, 1.82) is 0 Å². The Kier molecular flexibility index (Phi) is 8.16. The minimum absolute atomic E-state index is 0.105. The summed E-state index contributed by atoms with van der Waals surface area (Å²) >= 11 is 15.1. The van der Waals surface area contributed by atoms with E-state index in [1.807, 2.05) is 26.0 Å². The lowest BCUT2D eigenvalue weighted by Gasteiger charge is -2.37. The van der Waals surface area contributed by atoms with Crippen molar-refractivity contribution < 1.29 is 19.0 Å². The molecule has 0 bridgehead atoms. The molecule has 0 radical (unpaired) electrons. The number of methoxy groups -OCH3 is 1. The minimum Gasteiger partial charge on any atom is -0.493 e. The molecule has 0 unspecified atom stereocenters. The molecule has 1 amide bonds. The molecule has 0 aromatic heterocycles. The van der Waals surface area contributed by atoms with Gasteiger partial charge in [0.25, 0.3) is 5.91 Å². The molecule has 2 aromatic rings. The molecule has 1 fully saturated rings. The number of morpholine rings is 1. The molecule has 3 rings (SSSR count). The first kappa shape index (κ1) is 23.8. The summed E-state index contributed by atoms with van der Waals surface area (Å²) in [6.07, 6.45) is 0.211. The molecule has 2 aromatic carbocycles. The SMILES string of the molecule is COc1cc(C(=S)N2C[C@@H](C)O[C@@H](C)C2)cc(Br)c1OCC(=O)Nc1ccc(Cl)cc1. The van der Waals surface area contributed by atoms with Gasteiger partial charge in [-0.15, -0.1) is 0 Å². The zero-order chi connectivity index (χ0) is 22.5. The van der Waals surface area contributed by atoms with Gasteiger partial charge in [-0.25, -0.2) is 0 Å². The van der Waals surface area contributed by atoms with Crippen molar-refractivity contribution in [2.45, 2.75) is 26.1 Å². The number of ether oxygens (including phenoxy) is 3. The number of rotatable bonds is 6. The third-order valence-electron chi connectivity index (χ3n) is 4.66. The molecule has 1 aliphatic heterocycles. The second-order valence-corrected chi connectivity index (χ2v) is 8.98. The maximum absolute atomic E-state index is 12.3. The molecular weight excluding hydrogens is 504 g/mol. The van der Waals surface area contributed by atoms with Gasteiger partial charge in [0.1, 0.15) is 4.99 Å². The number of nitrogens with one attached hydrogen (secondary N) is 1. The van der Waals surface area contributed by atoms with E-state index >= 15 is 0 Å². The average molecular weight is 528 g/mol. The minimum atomic E-state index is -0.299. The predicted molar refractivity (Wildman–Crippen MR) is 130 cm³/mol. The molecule has 0 saturated carbocycles. The van der Waals surface area contributed by atoms with Crippen LogP contribution in [0, 0.1) is 0 Å². The zero-order valence-electron chi connectivity index (χ0n) is 17.5. The molecule has 1 saturated heterocycles. The van der Waals surface area contributed by atoms with Crippen molar-refractivity contribution in [3.8, 4) is 11.5 Å². The molecule has 1 aliphatic rings. The molecule has 1 heterocycles. The van der Waals surface area contributed by atoms with E-state index in [1.165, 1.54) is 0 Å². The van der Waals surface area contributed by atoms with Crippen LogP contribution in [0.4, 0.5) is 5.69 Å². The number of thiocarbonyl (C=S) groups is 1. The van der Waals surface area contributed by atoms with E-state index in [0.29, 0.717) is 31.7 Å². The number of anilines is 1. The number of carbonyl (C=O) groups is 1. The Labute approximate surface area is 200 Å². The van der Waals surface area contributed by atoms with E-state index in [4.69, 9.17) is 38.0 Å². The van der Waals surface area contributed by atoms with Gasteiger partial charge in [0.05, 0.1) is 23.8 Å². The third-order valence-corrected chi connectivity index (χ3v) is 5.99. The van der Waals surface area contributed by atoms with Crippen LogP contribution in [0.15, 0.2) is 40.9 Å². The van der Waals surface area contributed by atoms with Crippen molar-refractivity contribution in [3.05, 3.63) is 51.5 Å². The van der Waals surface area contributed by atoms with Gasteiger partial charge in [-0.2, -0.15) is 0 Å². The van der Waals surface area contributed by atoms with Gasteiger partial charge >= 0.3 is 0 Å². The van der Waals surface area contributed by atoms with Gasteiger partial charge in [0.15, 0.2) is 18.1 Å². The summed E-state index contributed by atoms with van der Waals surface area (Å²) < 4.78 is 17.7. The number of halogens is 2. The van der Waals surface area contributed by atoms with Crippen molar-refractivity contribution in [2.24, 2.45) is 0 Å². The van der Waals surface area contributed by atoms with Gasteiger partial charge in [-0.1, -0.05) is 23.8 Å². The molecule has 1 N–H and O–H groups in total. The Hall–Kier alpha value is -1.87. The summed E-state index contributed by atoms with van der Waals surface area (Å²) in [7, 11) is 1.55. The second-order valence-electron chi connectivity index (χ2n) is 7.30. The monoisotopic (exact) mass is 526 g/mol. The Bertz CT molecular complexity index is 947. The van der Waals surface area contributed by atoms with Gasteiger partial charge in [-0.3, -0.25) is 4.79 Å². The quantitative estimate of drug-likeness (QED) is 0.539. The van der Waals surface area contributed by atoms with E-state index in [1.54, 1.807) is 31.4 Å². The molecule has 166 valence electrons. The van der Waals surface area contributed by atoms with Gasteiger partial charge in [0.2, 0.25) is 0 Å². The molecule has 6 nitrogen and oxygen atoms in total. The van der Waals surface area contributed by atoms with Crippen molar-refractivity contribution in [1.82, 2.24) is 4.90 Å². The van der Waals surface area contributed by atoms with Gasteiger partial charge in [-0.05, 0) is 66.2 Å². The summed E-state index contributed by atoms with van der Waals surface area (Å²) in [5, 5.41) is 3.36. The zero-order valence-corrected chi connectivity index (χ0v) is 20.6. The molecule has 9 heteroatoms. The predicted octanol–water partition coefficient (Wildman–Crippen LogP) is 4.91. The van der Waals surface area contributed by atoms with Crippen LogP contribution in [0.2, 0.25) is 5.02 Å². The first-order valence-corrected chi connectivity index (χ1v) is 11.3. The summed E-state index contributed by atoms with van der Waals surface area (Å²) in [5.74, 6) is 0.622. The summed E-state index contributed by atoms with van der Waals surface area (Å²) in [4.78, 5) is 15.1. The third kappa shape index (κ3) is 6.32. The molecule has 2 atom stereocenters. The van der Waals surface area contributed by atoms with E-state index in [9.17, 15) is 4.79 Å². The number of benzene rings is 2. The van der Waals surface area contributed by atoms with Crippen molar-refractivity contribution >= 4 is 56.3 Å². The number of hydrogen-bond acceptors (Lipinski definition) is 5. The van der Waals surface area contributed by atoms with E-state index in [-0.39, 0.29) is 24.7 Å². The first-order valence-electron chi connectivity index (χ1n) is 9.77. The fraction of sp³-hybridized carbons (Fsp3) is 0.364. The van der Waals surface area contributed by atoms with Gasteiger partial charge < -0.3 is 24.4 Å². The van der Waals surface area contributed by atoms with E-state index < -0.39 is 0 Å². The largest absolute Gasteiger partial charge is 0.493 e. The fourth-order valence-electron chi connectivity index (χ4n) is 3.38. The number of amides is 1. The lowest BCUT2D eigenvalue weighted by Crippen LogP contribution is -2.47. The smallest absolute Gasteiger partial charge is 0.262 e. The van der Waals surface area contributed by atoms with E-state index in [0.717, 1.165) is 18.7 Å². The normalized spacial score (nSPS) is 18.4. The lowest BCUT2D eigenvalue weighted by molar-refractivity contribution is -0.118. The maximum Gasteiger partial charge on any atom is 0.262 e. The Morgan fingerprint density at radius 3 is 2.52 bits per heavy atom. The summed E-state index contributed by atoms with van der Waals surface area (Å²) in [5.41, 5.74) is 1.47. The number of carbonyl (C=O) groups excluding carboxylic acids is 1. The van der Waals surface area contributed by atoms with Crippen LogP contribution >= 0.6 is 39.7 Å². The van der Waals surface area contributed by atoms with Crippen LogP contribution in [-0.4, -0.2) is 54.8 Å². The summed E-state index contributed by atoms with van der Waals surface area (Å²) in [6.45, 7) is 5.35. The van der Waals surface area contributed by atoms with Gasteiger partial charge in [0, 0.05) is 29.4 Å². The molecule has 0 spiro atoms. The Morgan fingerprint density at radius 1 is 1.26 bits per heavy atom.